The highest BCUT2D eigenvalue weighted by molar-refractivity contribution is 9.10. The molecule has 0 bridgehead atoms. The molecule has 98 valence electrons. The standard InChI is InChI=1S/C14H17BrClNO/c1-14(2,15)13(18)17-9-5-8-12(17)10-6-3-4-7-11(10)16/h3-4,6-7,12H,5,8-9H2,1-2H3. The SMILES string of the molecule is CC(C)(Br)C(=O)N1CCCC1c1ccccc1Cl. The molecular weight excluding hydrogens is 314 g/mol. The van der Waals surface area contributed by atoms with E-state index >= 15 is 0 Å². The average molecular weight is 331 g/mol. The number of alkyl halides is 1. The van der Waals surface area contributed by atoms with Crippen LogP contribution in [0.1, 0.15) is 38.3 Å². The molecule has 0 aliphatic carbocycles. The van der Waals surface area contributed by atoms with Crippen molar-refractivity contribution in [2.45, 2.75) is 37.1 Å². The Morgan fingerprint density at radius 2 is 2.11 bits per heavy atom. The maximum Gasteiger partial charge on any atom is 0.239 e. The van der Waals surface area contributed by atoms with Crippen molar-refractivity contribution in [3.63, 3.8) is 0 Å². The van der Waals surface area contributed by atoms with E-state index in [0.717, 1.165) is 30.0 Å². The Morgan fingerprint density at radius 1 is 1.44 bits per heavy atom. The number of carbonyl (C=O) groups is 1. The number of hydrogen-bond donors (Lipinski definition) is 0. The van der Waals surface area contributed by atoms with Crippen molar-refractivity contribution in [2.24, 2.45) is 0 Å². The third kappa shape index (κ3) is 2.72. The fourth-order valence-electron chi connectivity index (χ4n) is 2.42. The minimum Gasteiger partial charge on any atom is -0.334 e. The Kier molecular flexibility index (Phi) is 4.02. The number of halogens is 2. The number of hydrogen-bond acceptors (Lipinski definition) is 1. The molecule has 0 saturated carbocycles. The summed E-state index contributed by atoms with van der Waals surface area (Å²) in [6.45, 7) is 4.58. The predicted molar refractivity (Wildman–Crippen MR) is 78.1 cm³/mol. The molecule has 1 aliphatic heterocycles. The zero-order valence-corrected chi connectivity index (χ0v) is 13.0. The topological polar surface area (TPSA) is 20.3 Å². The lowest BCUT2D eigenvalue weighted by molar-refractivity contribution is -0.133. The zero-order chi connectivity index (χ0) is 13.3. The van der Waals surface area contributed by atoms with Gasteiger partial charge in [-0.25, -0.2) is 0 Å². The minimum absolute atomic E-state index is 0.114. The van der Waals surface area contributed by atoms with Crippen LogP contribution in [0.5, 0.6) is 0 Å². The van der Waals surface area contributed by atoms with Gasteiger partial charge in [-0.1, -0.05) is 45.7 Å². The van der Waals surface area contributed by atoms with Crippen molar-refractivity contribution >= 4 is 33.4 Å². The molecule has 18 heavy (non-hydrogen) atoms. The van der Waals surface area contributed by atoms with Crippen molar-refractivity contribution < 1.29 is 4.79 Å². The van der Waals surface area contributed by atoms with E-state index in [1.54, 1.807) is 0 Å². The van der Waals surface area contributed by atoms with Crippen LogP contribution in [-0.4, -0.2) is 21.7 Å². The molecule has 0 N–H and O–H groups in total. The van der Waals surface area contributed by atoms with Gasteiger partial charge in [-0.3, -0.25) is 4.79 Å². The van der Waals surface area contributed by atoms with E-state index in [1.165, 1.54) is 0 Å². The van der Waals surface area contributed by atoms with E-state index in [0.29, 0.717) is 0 Å². The van der Waals surface area contributed by atoms with Crippen LogP contribution in [0.2, 0.25) is 5.02 Å². The van der Waals surface area contributed by atoms with Gasteiger partial charge in [0.15, 0.2) is 0 Å². The number of carbonyl (C=O) groups excluding carboxylic acids is 1. The van der Waals surface area contributed by atoms with Crippen LogP contribution >= 0.6 is 27.5 Å². The summed E-state index contributed by atoms with van der Waals surface area (Å²) in [5.74, 6) is 0.130. The first-order valence-corrected chi connectivity index (χ1v) is 7.33. The van der Waals surface area contributed by atoms with Gasteiger partial charge in [-0.15, -0.1) is 0 Å². The van der Waals surface area contributed by atoms with Crippen LogP contribution in [-0.2, 0) is 4.79 Å². The second kappa shape index (κ2) is 5.22. The molecule has 1 amide bonds. The number of nitrogens with zero attached hydrogens (tertiary/aromatic N) is 1. The van der Waals surface area contributed by atoms with Gasteiger partial charge in [0.25, 0.3) is 0 Å². The van der Waals surface area contributed by atoms with Crippen LogP contribution < -0.4 is 0 Å². The molecule has 1 fully saturated rings. The molecule has 0 spiro atoms. The summed E-state index contributed by atoms with van der Waals surface area (Å²) in [5, 5.41) is 0.745. The Hall–Kier alpha value is -0.540. The van der Waals surface area contributed by atoms with Crippen molar-refractivity contribution in [2.75, 3.05) is 6.54 Å². The highest BCUT2D eigenvalue weighted by Crippen LogP contribution is 2.37. The number of benzene rings is 1. The summed E-state index contributed by atoms with van der Waals surface area (Å²) < 4.78 is -0.517. The maximum atomic E-state index is 12.4. The summed E-state index contributed by atoms with van der Waals surface area (Å²) in [5.41, 5.74) is 1.06. The lowest BCUT2D eigenvalue weighted by atomic mass is 10.0. The zero-order valence-electron chi connectivity index (χ0n) is 10.6. The van der Waals surface area contributed by atoms with Gasteiger partial charge in [0.1, 0.15) is 0 Å². The lowest BCUT2D eigenvalue weighted by Crippen LogP contribution is -2.41. The first-order chi connectivity index (χ1) is 8.41. The molecule has 1 heterocycles. The summed E-state index contributed by atoms with van der Waals surface area (Å²) in [4.78, 5) is 14.3. The van der Waals surface area contributed by atoms with E-state index in [4.69, 9.17) is 11.6 Å². The Bertz CT molecular complexity index is 455. The van der Waals surface area contributed by atoms with Crippen molar-refractivity contribution in [3.05, 3.63) is 34.9 Å². The fourth-order valence-corrected chi connectivity index (χ4v) is 2.91. The van der Waals surface area contributed by atoms with Crippen LogP contribution in [0.4, 0.5) is 0 Å². The number of likely N-dealkylation sites (tertiary alicyclic amines) is 1. The van der Waals surface area contributed by atoms with Gasteiger partial charge in [-0.2, -0.15) is 0 Å². The highest BCUT2D eigenvalue weighted by Gasteiger charge is 2.37. The van der Waals surface area contributed by atoms with Gasteiger partial charge in [0.05, 0.1) is 10.4 Å². The predicted octanol–water partition coefficient (Wildman–Crippen LogP) is 4.18. The molecule has 0 radical (unpaired) electrons. The van der Waals surface area contributed by atoms with E-state index in [2.05, 4.69) is 15.9 Å². The van der Waals surface area contributed by atoms with Crippen LogP contribution in [0.3, 0.4) is 0 Å². The van der Waals surface area contributed by atoms with Crippen LogP contribution in [0.25, 0.3) is 0 Å². The molecule has 1 aliphatic rings. The van der Waals surface area contributed by atoms with Gasteiger partial charge in [0.2, 0.25) is 5.91 Å². The normalized spacial score (nSPS) is 20.2. The van der Waals surface area contributed by atoms with E-state index in [9.17, 15) is 4.79 Å². The van der Waals surface area contributed by atoms with E-state index in [1.807, 2.05) is 43.0 Å². The van der Waals surface area contributed by atoms with Crippen LogP contribution in [0.15, 0.2) is 24.3 Å². The molecule has 1 aromatic rings. The van der Waals surface area contributed by atoms with Gasteiger partial charge in [0, 0.05) is 11.6 Å². The molecule has 1 aromatic carbocycles. The molecular formula is C14H17BrClNO. The molecule has 0 aromatic heterocycles. The fraction of sp³-hybridized carbons (Fsp3) is 0.500. The highest BCUT2D eigenvalue weighted by atomic mass is 79.9. The smallest absolute Gasteiger partial charge is 0.239 e. The largest absolute Gasteiger partial charge is 0.334 e. The summed E-state index contributed by atoms with van der Waals surface area (Å²) in [6.07, 6.45) is 2.02. The first kappa shape index (κ1) is 13.9. The molecule has 4 heteroatoms. The van der Waals surface area contributed by atoms with Crippen molar-refractivity contribution in [1.82, 2.24) is 4.90 Å². The van der Waals surface area contributed by atoms with Crippen molar-refractivity contribution in [3.8, 4) is 0 Å². The molecule has 2 nitrogen and oxygen atoms in total. The van der Waals surface area contributed by atoms with E-state index in [-0.39, 0.29) is 11.9 Å². The second-order valence-electron chi connectivity index (χ2n) is 5.15. The molecule has 2 rings (SSSR count). The average Bonchev–Trinajstić information content (AvgIpc) is 2.76. The minimum atomic E-state index is -0.517. The first-order valence-electron chi connectivity index (χ1n) is 6.15. The Balaban J connectivity index is 2.29. The summed E-state index contributed by atoms with van der Waals surface area (Å²) in [6, 6.07) is 7.91. The second-order valence-corrected chi connectivity index (χ2v) is 7.54. The molecule has 1 unspecified atom stereocenters. The molecule has 1 atom stereocenters. The van der Waals surface area contributed by atoms with Gasteiger partial charge >= 0.3 is 0 Å². The van der Waals surface area contributed by atoms with Crippen LogP contribution in [0, 0.1) is 0 Å². The third-order valence-corrected chi connectivity index (χ3v) is 3.97. The van der Waals surface area contributed by atoms with Gasteiger partial charge in [-0.05, 0) is 38.3 Å². The third-order valence-electron chi connectivity index (χ3n) is 3.29. The maximum absolute atomic E-state index is 12.4. The van der Waals surface area contributed by atoms with E-state index < -0.39 is 4.32 Å². The van der Waals surface area contributed by atoms with Gasteiger partial charge < -0.3 is 4.90 Å². The summed E-state index contributed by atoms with van der Waals surface area (Å²) >= 11 is 9.69. The molecule has 1 saturated heterocycles. The Labute approximate surface area is 121 Å². The monoisotopic (exact) mass is 329 g/mol. The lowest BCUT2D eigenvalue weighted by Gasteiger charge is -2.30. The number of rotatable bonds is 2. The quantitative estimate of drug-likeness (QED) is 0.745. The van der Waals surface area contributed by atoms with Crippen molar-refractivity contribution in [1.29, 1.82) is 0 Å². The summed E-state index contributed by atoms with van der Waals surface area (Å²) in [7, 11) is 0. The Morgan fingerprint density at radius 3 is 2.72 bits per heavy atom. The number of amides is 1.